The highest BCUT2D eigenvalue weighted by Gasteiger charge is 2.13. The summed E-state index contributed by atoms with van der Waals surface area (Å²) in [4.78, 5) is 12.1. The van der Waals surface area contributed by atoms with Crippen LogP contribution in [0.15, 0.2) is 30.5 Å². The summed E-state index contributed by atoms with van der Waals surface area (Å²) in [5, 5.41) is 6.30. The topological polar surface area (TPSA) is 71.8 Å². The van der Waals surface area contributed by atoms with Crippen LogP contribution in [0.3, 0.4) is 0 Å². The molecule has 88 valence electrons. The number of carbonyl (C=O) groups is 1. The fraction of sp³-hybridized carbons (Fsp3) is 0.231. The van der Waals surface area contributed by atoms with Crippen LogP contribution >= 0.6 is 0 Å². The minimum atomic E-state index is -0.105. The number of aromatic nitrogens is 2. The Kier molecular flexibility index (Phi) is 2.95. The van der Waals surface area contributed by atoms with Crippen molar-refractivity contribution in [3.05, 3.63) is 47.2 Å². The van der Waals surface area contributed by atoms with Crippen molar-refractivity contribution in [2.24, 2.45) is 0 Å². The summed E-state index contributed by atoms with van der Waals surface area (Å²) in [6.45, 7) is 4.23. The van der Waals surface area contributed by atoms with Crippen LogP contribution in [0.2, 0.25) is 0 Å². The number of aromatic amines is 1. The van der Waals surface area contributed by atoms with E-state index in [0.717, 1.165) is 0 Å². The molecule has 0 amide bonds. The number of H-pyrrole nitrogens is 1. The fourth-order valence-corrected chi connectivity index (χ4v) is 1.65. The Balaban J connectivity index is 2.29. The van der Waals surface area contributed by atoms with Crippen LogP contribution in [-0.4, -0.2) is 16.0 Å². The first-order chi connectivity index (χ1) is 8.09. The van der Waals surface area contributed by atoms with Crippen molar-refractivity contribution < 1.29 is 4.79 Å². The van der Waals surface area contributed by atoms with Crippen LogP contribution in [0.4, 0.5) is 5.82 Å². The van der Waals surface area contributed by atoms with Gasteiger partial charge in [0.15, 0.2) is 5.78 Å². The monoisotopic (exact) mass is 229 g/mol. The molecule has 0 aliphatic rings. The highest BCUT2D eigenvalue weighted by Crippen LogP contribution is 2.18. The van der Waals surface area contributed by atoms with Crippen LogP contribution in [0, 0.1) is 0 Å². The van der Waals surface area contributed by atoms with Gasteiger partial charge in [-0.05, 0) is 11.5 Å². The van der Waals surface area contributed by atoms with Gasteiger partial charge in [0.1, 0.15) is 5.82 Å². The molecular formula is C13H15N3O. The second-order valence-electron chi connectivity index (χ2n) is 4.30. The van der Waals surface area contributed by atoms with Gasteiger partial charge in [0, 0.05) is 5.56 Å². The van der Waals surface area contributed by atoms with Crippen molar-refractivity contribution in [2.75, 3.05) is 5.73 Å². The molecule has 0 aliphatic carbocycles. The first-order valence-electron chi connectivity index (χ1n) is 5.53. The van der Waals surface area contributed by atoms with Crippen molar-refractivity contribution in [3.63, 3.8) is 0 Å². The molecule has 0 aliphatic heterocycles. The average Bonchev–Trinajstić information content (AvgIpc) is 2.74. The molecule has 0 fully saturated rings. The number of ketones is 1. The van der Waals surface area contributed by atoms with Crippen molar-refractivity contribution in [3.8, 4) is 0 Å². The molecule has 1 heterocycles. The zero-order chi connectivity index (χ0) is 12.4. The Hall–Kier alpha value is -2.10. The number of nitrogens with two attached hydrogens (primary N) is 1. The van der Waals surface area contributed by atoms with E-state index in [0.29, 0.717) is 22.9 Å². The molecule has 0 saturated heterocycles. The lowest BCUT2D eigenvalue weighted by atomic mass is 9.99. The van der Waals surface area contributed by atoms with Gasteiger partial charge in [-0.15, -0.1) is 0 Å². The highest BCUT2D eigenvalue weighted by atomic mass is 16.1. The SMILES string of the molecule is CC(C)c1ccc(C(=O)c2cn[nH]c2N)cc1. The van der Waals surface area contributed by atoms with E-state index in [1.807, 2.05) is 24.3 Å². The van der Waals surface area contributed by atoms with Gasteiger partial charge >= 0.3 is 0 Å². The van der Waals surface area contributed by atoms with Crippen LogP contribution in [0.1, 0.15) is 41.3 Å². The number of rotatable bonds is 3. The van der Waals surface area contributed by atoms with Gasteiger partial charge in [0.25, 0.3) is 0 Å². The second kappa shape index (κ2) is 4.41. The summed E-state index contributed by atoms with van der Waals surface area (Å²) in [5.41, 5.74) is 7.87. The van der Waals surface area contributed by atoms with E-state index >= 15 is 0 Å². The summed E-state index contributed by atoms with van der Waals surface area (Å²) in [5.74, 6) is 0.660. The molecule has 2 aromatic rings. The molecule has 4 nitrogen and oxygen atoms in total. The zero-order valence-corrected chi connectivity index (χ0v) is 9.90. The van der Waals surface area contributed by atoms with Crippen molar-refractivity contribution in [2.45, 2.75) is 19.8 Å². The predicted octanol–water partition coefficient (Wildman–Crippen LogP) is 2.35. The highest BCUT2D eigenvalue weighted by molar-refractivity contribution is 6.11. The number of nitrogen functional groups attached to an aromatic ring is 1. The van der Waals surface area contributed by atoms with Gasteiger partial charge in [0.2, 0.25) is 0 Å². The van der Waals surface area contributed by atoms with E-state index in [-0.39, 0.29) is 5.78 Å². The molecule has 4 heteroatoms. The normalized spacial score (nSPS) is 10.8. The van der Waals surface area contributed by atoms with E-state index in [1.165, 1.54) is 11.8 Å². The third kappa shape index (κ3) is 2.20. The van der Waals surface area contributed by atoms with E-state index < -0.39 is 0 Å². The van der Waals surface area contributed by atoms with Gasteiger partial charge in [-0.25, -0.2) is 0 Å². The molecule has 0 bridgehead atoms. The van der Waals surface area contributed by atoms with Crippen LogP contribution < -0.4 is 5.73 Å². The molecule has 1 aromatic heterocycles. The van der Waals surface area contributed by atoms with E-state index in [9.17, 15) is 4.79 Å². The second-order valence-corrected chi connectivity index (χ2v) is 4.30. The summed E-state index contributed by atoms with van der Waals surface area (Å²) < 4.78 is 0. The molecule has 0 unspecified atom stereocenters. The average molecular weight is 229 g/mol. The third-order valence-electron chi connectivity index (χ3n) is 2.75. The minimum absolute atomic E-state index is 0.105. The van der Waals surface area contributed by atoms with Crippen molar-refractivity contribution in [1.82, 2.24) is 10.2 Å². The first kappa shape index (κ1) is 11.4. The number of hydrogen-bond donors (Lipinski definition) is 2. The van der Waals surface area contributed by atoms with Gasteiger partial charge < -0.3 is 5.73 Å². The molecule has 0 atom stereocenters. The van der Waals surface area contributed by atoms with Crippen LogP contribution in [0.25, 0.3) is 0 Å². The van der Waals surface area contributed by atoms with Gasteiger partial charge in [-0.3, -0.25) is 9.89 Å². The Bertz CT molecular complexity index is 526. The Labute approximate surface area is 99.8 Å². The number of benzene rings is 1. The number of carbonyl (C=O) groups excluding carboxylic acids is 1. The van der Waals surface area contributed by atoms with Crippen molar-refractivity contribution in [1.29, 1.82) is 0 Å². The molecule has 2 rings (SSSR count). The number of nitrogens with one attached hydrogen (secondary N) is 1. The Morgan fingerprint density at radius 3 is 2.41 bits per heavy atom. The largest absolute Gasteiger partial charge is 0.383 e. The molecule has 17 heavy (non-hydrogen) atoms. The van der Waals surface area contributed by atoms with Crippen molar-refractivity contribution >= 4 is 11.6 Å². The maximum absolute atomic E-state index is 12.1. The van der Waals surface area contributed by atoms with E-state index in [4.69, 9.17) is 5.73 Å². The first-order valence-corrected chi connectivity index (χ1v) is 5.53. The van der Waals surface area contributed by atoms with Gasteiger partial charge in [0.05, 0.1) is 11.8 Å². The summed E-state index contributed by atoms with van der Waals surface area (Å²) in [6, 6.07) is 7.58. The molecule has 0 spiro atoms. The van der Waals surface area contributed by atoms with E-state index in [1.54, 1.807) is 0 Å². The molecule has 0 radical (unpaired) electrons. The maximum atomic E-state index is 12.1. The lowest BCUT2D eigenvalue weighted by Crippen LogP contribution is -2.03. The number of nitrogens with zero attached hydrogens (tertiary/aromatic N) is 1. The molecular weight excluding hydrogens is 214 g/mol. The molecule has 1 aromatic carbocycles. The third-order valence-corrected chi connectivity index (χ3v) is 2.75. The standard InChI is InChI=1S/C13H15N3O/c1-8(2)9-3-5-10(6-4-9)12(17)11-7-15-16-13(11)14/h3-8H,1-2H3,(H3,14,15,16). The van der Waals surface area contributed by atoms with Crippen LogP contribution in [-0.2, 0) is 0 Å². The lowest BCUT2D eigenvalue weighted by Gasteiger charge is -2.05. The predicted molar refractivity (Wildman–Crippen MR) is 67.0 cm³/mol. The Morgan fingerprint density at radius 1 is 1.29 bits per heavy atom. The van der Waals surface area contributed by atoms with Gasteiger partial charge in [-0.1, -0.05) is 38.1 Å². The fourth-order valence-electron chi connectivity index (χ4n) is 1.65. The number of anilines is 1. The summed E-state index contributed by atoms with van der Waals surface area (Å²) >= 11 is 0. The molecule has 0 saturated carbocycles. The van der Waals surface area contributed by atoms with E-state index in [2.05, 4.69) is 24.0 Å². The quantitative estimate of drug-likeness (QED) is 0.793. The van der Waals surface area contributed by atoms with Gasteiger partial charge in [-0.2, -0.15) is 5.10 Å². The zero-order valence-electron chi connectivity index (χ0n) is 9.90. The molecule has 3 N–H and O–H groups in total. The lowest BCUT2D eigenvalue weighted by molar-refractivity contribution is 0.103. The number of hydrogen-bond acceptors (Lipinski definition) is 3. The maximum Gasteiger partial charge on any atom is 0.198 e. The summed E-state index contributed by atoms with van der Waals surface area (Å²) in [6.07, 6.45) is 1.45. The minimum Gasteiger partial charge on any atom is -0.383 e. The van der Waals surface area contributed by atoms with Crippen LogP contribution in [0.5, 0.6) is 0 Å². The smallest absolute Gasteiger partial charge is 0.198 e. The summed E-state index contributed by atoms with van der Waals surface area (Å²) in [7, 11) is 0. The Morgan fingerprint density at radius 2 is 1.94 bits per heavy atom.